The Morgan fingerprint density at radius 1 is 1.14 bits per heavy atom. The lowest BCUT2D eigenvalue weighted by Crippen LogP contribution is -2.42. The molecule has 0 aromatic heterocycles. The van der Waals surface area contributed by atoms with Crippen molar-refractivity contribution in [1.82, 2.24) is 10.6 Å². The molecular weight excluding hydrogens is 486 g/mol. The molecule has 2 aromatic carbocycles. The Bertz CT molecular complexity index is 830. The summed E-state index contributed by atoms with van der Waals surface area (Å²) in [6.45, 7) is 2.07. The highest BCUT2D eigenvalue weighted by Gasteiger charge is 2.24. The topological polar surface area (TPSA) is 66.0 Å². The van der Waals surface area contributed by atoms with Gasteiger partial charge in [-0.15, -0.1) is 24.0 Å². The van der Waals surface area contributed by atoms with E-state index in [1.165, 1.54) is 12.1 Å². The first-order valence-corrected chi connectivity index (χ1v) is 9.38. The van der Waals surface area contributed by atoms with E-state index < -0.39 is 0 Å². The smallest absolute Gasteiger partial charge is 0.265 e. The number of ether oxygens (including phenoxy) is 1. The van der Waals surface area contributed by atoms with Crippen LogP contribution in [0.4, 0.5) is 10.1 Å². The summed E-state index contributed by atoms with van der Waals surface area (Å²) in [7, 11) is 1.72. The molecule has 0 atom stereocenters. The van der Waals surface area contributed by atoms with Crippen LogP contribution in [0.25, 0.3) is 0 Å². The quantitative estimate of drug-likeness (QED) is 0.259. The number of halogens is 2. The second kappa shape index (κ2) is 11.6. The van der Waals surface area contributed by atoms with Gasteiger partial charge in [-0.3, -0.25) is 9.79 Å². The third-order valence-electron chi connectivity index (χ3n) is 4.50. The molecular formula is C21H26FIN4O2. The number of amides is 1. The molecule has 6 nitrogen and oxygen atoms in total. The molecule has 0 bridgehead atoms. The summed E-state index contributed by atoms with van der Waals surface area (Å²) in [6.07, 6.45) is 1.55. The number of hydrogen-bond donors (Lipinski definition) is 2. The molecule has 8 heteroatoms. The van der Waals surface area contributed by atoms with Gasteiger partial charge in [0.25, 0.3) is 5.91 Å². The first-order chi connectivity index (χ1) is 13.7. The predicted molar refractivity (Wildman–Crippen MR) is 124 cm³/mol. The summed E-state index contributed by atoms with van der Waals surface area (Å²) in [5.41, 5.74) is 1.88. The number of hydrogen-bond acceptors (Lipinski definition) is 3. The SMILES string of the molecule is CN=C(NCCCN1C(=O)COc2ccccc21)NCCc1ccc(F)cc1.I. The molecule has 0 radical (unpaired) electrons. The third kappa shape index (κ3) is 6.59. The Labute approximate surface area is 187 Å². The van der Waals surface area contributed by atoms with Gasteiger partial charge in [0.15, 0.2) is 12.6 Å². The zero-order valence-corrected chi connectivity index (χ0v) is 18.7. The number of anilines is 1. The monoisotopic (exact) mass is 512 g/mol. The lowest BCUT2D eigenvalue weighted by Gasteiger charge is -2.29. The molecule has 0 fully saturated rings. The van der Waals surface area contributed by atoms with Crippen molar-refractivity contribution < 1.29 is 13.9 Å². The third-order valence-corrected chi connectivity index (χ3v) is 4.50. The predicted octanol–water partition coefficient (Wildman–Crippen LogP) is 2.97. The average Bonchev–Trinajstić information content (AvgIpc) is 2.72. The van der Waals surface area contributed by atoms with Gasteiger partial charge in [-0.05, 0) is 42.7 Å². The van der Waals surface area contributed by atoms with E-state index in [-0.39, 0.29) is 42.3 Å². The summed E-state index contributed by atoms with van der Waals surface area (Å²) >= 11 is 0. The largest absolute Gasteiger partial charge is 0.482 e. The number of para-hydroxylation sites is 2. The number of carbonyl (C=O) groups is 1. The van der Waals surface area contributed by atoms with E-state index in [0.29, 0.717) is 25.6 Å². The molecule has 1 aliphatic heterocycles. The number of nitrogens with zero attached hydrogens (tertiary/aromatic N) is 2. The van der Waals surface area contributed by atoms with Gasteiger partial charge < -0.3 is 20.3 Å². The maximum Gasteiger partial charge on any atom is 0.265 e. The fraction of sp³-hybridized carbons (Fsp3) is 0.333. The molecule has 2 aromatic rings. The van der Waals surface area contributed by atoms with Crippen LogP contribution in [0.15, 0.2) is 53.5 Å². The van der Waals surface area contributed by atoms with E-state index in [0.717, 1.165) is 29.8 Å². The lowest BCUT2D eigenvalue weighted by atomic mass is 10.1. The van der Waals surface area contributed by atoms with E-state index in [2.05, 4.69) is 15.6 Å². The van der Waals surface area contributed by atoms with Crippen LogP contribution in [-0.4, -0.2) is 45.2 Å². The Hall–Kier alpha value is -2.36. The fourth-order valence-electron chi connectivity index (χ4n) is 3.04. The van der Waals surface area contributed by atoms with Crippen LogP contribution in [-0.2, 0) is 11.2 Å². The van der Waals surface area contributed by atoms with Crippen molar-refractivity contribution >= 4 is 41.5 Å². The number of carbonyl (C=O) groups excluding carboxylic acids is 1. The Morgan fingerprint density at radius 2 is 1.86 bits per heavy atom. The molecule has 0 spiro atoms. The first-order valence-electron chi connectivity index (χ1n) is 9.38. The summed E-state index contributed by atoms with van der Waals surface area (Å²) in [6, 6.07) is 14.1. The molecule has 0 saturated carbocycles. The highest BCUT2D eigenvalue weighted by Crippen LogP contribution is 2.31. The maximum atomic E-state index is 12.9. The molecule has 1 aliphatic rings. The van der Waals surface area contributed by atoms with Gasteiger partial charge >= 0.3 is 0 Å². The highest BCUT2D eigenvalue weighted by atomic mass is 127. The summed E-state index contributed by atoms with van der Waals surface area (Å²) in [5, 5.41) is 6.49. The lowest BCUT2D eigenvalue weighted by molar-refractivity contribution is -0.121. The second-order valence-electron chi connectivity index (χ2n) is 6.46. The summed E-state index contributed by atoms with van der Waals surface area (Å²) < 4.78 is 18.4. The molecule has 0 aliphatic carbocycles. The normalized spacial score (nSPS) is 13.2. The van der Waals surface area contributed by atoms with Crippen molar-refractivity contribution in [3.8, 4) is 5.75 Å². The minimum atomic E-state index is -0.226. The van der Waals surface area contributed by atoms with Gasteiger partial charge in [0, 0.05) is 26.7 Å². The zero-order chi connectivity index (χ0) is 19.8. The van der Waals surface area contributed by atoms with E-state index >= 15 is 0 Å². The van der Waals surface area contributed by atoms with Gasteiger partial charge in [0.2, 0.25) is 0 Å². The van der Waals surface area contributed by atoms with E-state index in [1.54, 1.807) is 24.1 Å². The molecule has 2 N–H and O–H groups in total. The first kappa shape index (κ1) is 22.9. The van der Waals surface area contributed by atoms with Crippen LogP contribution in [0.5, 0.6) is 5.75 Å². The molecule has 156 valence electrons. The van der Waals surface area contributed by atoms with Gasteiger partial charge in [-0.2, -0.15) is 0 Å². The van der Waals surface area contributed by atoms with Crippen LogP contribution >= 0.6 is 24.0 Å². The van der Waals surface area contributed by atoms with Crippen LogP contribution in [0.2, 0.25) is 0 Å². The maximum absolute atomic E-state index is 12.9. The van der Waals surface area contributed by atoms with Gasteiger partial charge in [-0.25, -0.2) is 4.39 Å². The van der Waals surface area contributed by atoms with Crippen molar-refractivity contribution in [2.45, 2.75) is 12.8 Å². The van der Waals surface area contributed by atoms with E-state index in [9.17, 15) is 9.18 Å². The Balaban J connectivity index is 0.00000300. The van der Waals surface area contributed by atoms with Crippen LogP contribution < -0.4 is 20.3 Å². The standard InChI is InChI=1S/C21H25FN4O2.HI/c1-23-21(25-13-11-16-7-9-17(22)10-8-16)24-12-4-14-26-18-5-2-3-6-19(18)28-15-20(26)27;/h2-3,5-10H,4,11-15H2,1H3,(H2,23,24,25);1H. The Morgan fingerprint density at radius 3 is 2.62 bits per heavy atom. The van der Waals surface area contributed by atoms with Crippen molar-refractivity contribution in [2.24, 2.45) is 4.99 Å². The summed E-state index contributed by atoms with van der Waals surface area (Å²) in [5.74, 6) is 1.19. The molecule has 0 saturated heterocycles. The molecule has 3 rings (SSSR count). The van der Waals surface area contributed by atoms with Crippen molar-refractivity contribution in [2.75, 3.05) is 38.2 Å². The number of rotatable bonds is 7. The minimum absolute atomic E-state index is 0. The molecule has 1 amide bonds. The average molecular weight is 512 g/mol. The molecule has 29 heavy (non-hydrogen) atoms. The second-order valence-corrected chi connectivity index (χ2v) is 6.46. The van der Waals surface area contributed by atoms with Gasteiger partial charge in [0.1, 0.15) is 11.6 Å². The van der Waals surface area contributed by atoms with Gasteiger partial charge in [0.05, 0.1) is 5.69 Å². The zero-order valence-electron chi connectivity index (χ0n) is 16.4. The number of guanidine groups is 1. The fourth-order valence-corrected chi connectivity index (χ4v) is 3.04. The molecule has 0 unspecified atom stereocenters. The highest BCUT2D eigenvalue weighted by molar-refractivity contribution is 14.0. The Kier molecular flexibility index (Phi) is 9.17. The van der Waals surface area contributed by atoms with Crippen LogP contribution in [0.3, 0.4) is 0 Å². The minimum Gasteiger partial charge on any atom is -0.482 e. The number of aliphatic imine (C=N–C) groups is 1. The summed E-state index contributed by atoms with van der Waals surface area (Å²) in [4.78, 5) is 18.1. The van der Waals surface area contributed by atoms with E-state index in [1.807, 2.05) is 24.3 Å². The van der Waals surface area contributed by atoms with Crippen molar-refractivity contribution in [3.63, 3.8) is 0 Å². The number of nitrogens with one attached hydrogen (secondary N) is 2. The van der Waals surface area contributed by atoms with Gasteiger partial charge in [-0.1, -0.05) is 24.3 Å². The van der Waals surface area contributed by atoms with Crippen LogP contribution in [0, 0.1) is 5.82 Å². The molecule has 1 heterocycles. The van der Waals surface area contributed by atoms with Crippen molar-refractivity contribution in [1.29, 1.82) is 0 Å². The van der Waals surface area contributed by atoms with E-state index in [4.69, 9.17) is 4.74 Å². The van der Waals surface area contributed by atoms with Crippen LogP contribution in [0.1, 0.15) is 12.0 Å². The van der Waals surface area contributed by atoms with Crippen molar-refractivity contribution in [3.05, 3.63) is 59.9 Å². The number of benzene rings is 2. The number of fused-ring (bicyclic) bond motifs is 1.